The van der Waals surface area contributed by atoms with Crippen molar-refractivity contribution in [2.75, 3.05) is 0 Å². The summed E-state index contributed by atoms with van der Waals surface area (Å²) < 4.78 is 12.0. The molecule has 0 aliphatic heterocycles. The summed E-state index contributed by atoms with van der Waals surface area (Å²) in [6, 6.07) is 23.4. The molecule has 0 aliphatic rings. The minimum absolute atomic E-state index is 0.608. The first-order valence-electron chi connectivity index (χ1n) is 10.8. The minimum Gasteiger partial charge on any atom is -0.456 e. The average molecular weight is 418 g/mol. The van der Waals surface area contributed by atoms with Crippen molar-refractivity contribution in [3.8, 4) is 12.1 Å². The van der Waals surface area contributed by atoms with Crippen molar-refractivity contribution in [3.63, 3.8) is 0 Å². The Kier molecular flexibility index (Phi) is 5.54. The van der Waals surface area contributed by atoms with Crippen molar-refractivity contribution in [1.29, 1.82) is 10.5 Å². The first kappa shape index (κ1) is 21.0. The van der Waals surface area contributed by atoms with E-state index in [1.165, 1.54) is 0 Å². The van der Waals surface area contributed by atoms with Gasteiger partial charge in [-0.3, -0.25) is 0 Å². The van der Waals surface area contributed by atoms with E-state index in [1.807, 2.05) is 64.1 Å². The van der Waals surface area contributed by atoms with E-state index in [4.69, 9.17) is 8.83 Å². The van der Waals surface area contributed by atoms with Crippen molar-refractivity contribution in [1.82, 2.24) is 0 Å². The molecule has 0 atom stereocenters. The van der Waals surface area contributed by atoms with Crippen molar-refractivity contribution in [2.24, 2.45) is 0 Å². The van der Waals surface area contributed by atoms with Gasteiger partial charge in [-0.25, -0.2) is 0 Å². The van der Waals surface area contributed by atoms with Gasteiger partial charge < -0.3 is 8.83 Å². The SMILES string of the molecule is CC.CC.N#Cc1ccc2oc3cc4cc5c(cc4cc3c2c1)oc1ccc(C#N)cc15. The van der Waals surface area contributed by atoms with Crippen LogP contribution in [-0.2, 0) is 0 Å². The molecule has 32 heavy (non-hydrogen) atoms. The fourth-order valence-corrected chi connectivity index (χ4v) is 3.93. The van der Waals surface area contributed by atoms with Crippen molar-refractivity contribution < 1.29 is 8.83 Å². The highest BCUT2D eigenvalue weighted by molar-refractivity contribution is 6.15. The molecule has 0 fully saturated rings. The molecule has 4 aromatic carbocycles. The number of hydrogen-bond donors (Lipinski definition) is 0. The third kappa shape index (κ3) is 3.23. The number of fused-ring (bicyclic) bond motifs is 7. The number of hydrogen-bond acceptors (Lipinski definition) is 4. The predicted octanol–water partition coefficient (Wildman–Crippen LogP) is 8.43. The molecular formula is C28H22N2O2. The molecule has 6 aromatic rings. The van der Waals surface area contributed by atoms with E-state index in [-0.39, 0.29) is 0 Å². The molecule has 0 radical (unpaired) electrons. The fraction of sp³-hybridized carbons (Fsp3) is 0.143. The number of rotatable bonds is 0. The molecule has 0 aliphatic carbocycles. The Morgan fingerprint density at radius 3 is 1.25 bits per heavy atom. The highest BCUT2D eigenvalue weighted by Crippen LogP contribution is 2.37. The first-order chi connectivity index (χ1) is 15.7. The Morgan fingerprint density at radius 2 is 0.875 bits per heavy atom. The second kappa shape index (κ2) is 8.46. The number of nitrogens with zero attached hydrogens (tertiary/aromatic N) is 2. The molecule has 0 N–H and O–H groups in total. The molecule has 0 saturated heterocycles. The number of nitriles is 2. The predicted molar refractivity (Wildman–Crippen MR) is 131 cm³/mol. The quantitative estimate of drug-likeness (QED) is 0.248. The molecule has 0 amide bonds. The van der Waals surface area contributed by atoms with E-state index in [1.54, 1.807) is 12.1 Å². The zero-order valence-corrected chi connectivity index (χ0v) is 18.5. The van der Waals surface area contributed by atoms with Crippen LogP contribution in [0.3, 0.4) is 0 Å². The lowest BCUT2D eigenvalue weighted by molar-refractivity contribution is 0.668. The van der Waals surface area contributed by atoms with Crippen LogP contribution < -0.4 is 0 Å². The van der Waals surface area contributed by atoms with Gasteiger partial charge in [-0.1, -0.05) is 27.7 Å². The number of furan rings is 2. The monoisotopic (exact) mass is 418 g/mol. The molecule has 0 bridgehead atoms. The van der Waals surface area contributed by atoms with E-state index < -0.39 is 0 Å². The van der Waals surface area contributed by atoms with Gasteiger partial charge in [0.1, 0.15) is 22.3 Å². The zero-order valence-electron chi connectivity index (χ0n) is 18.5. The topological polar surface area (TPSA) is 73.9 Å². The smallest absolute Gasteiger partial charge is 0.136 e. The highest BCUT2D eigenvalue weighted by Gasteiger charge is 2.13. The second-order valence-electron chi connectivity index (χ2n) is 6.89. The summed E-state index contributed by atoms with van der Waals surface area (Å²) in [5, 5.41) is 24.3. The second-order valence-corrected chi connectivity index (χ2v) is 6.89. The van der Waals surface area contributed by atoms with E-state index in [2.05, 4.69) is 24.3 Å². The van der Waals surface area contributed by atoms with Crippen LogP contribution in [0, 0.1) is 22.7 Å². The molecule has 156 valence electrons. The third-order valence-corrected chi connectivity index (χ3v) is 5.27. The van der Waals surface area contributed by atoms with E-state index >= 15 is 0 Å². The van der Waals surface area contributed by atoms with Gasteiger partial charge in [0.05, 0.1) is 23.3 Å². The van der Waals surface area contributed by atoms with Crippen LogP contribution in [0.2, 0.25) is 0 Å². The molecule has 4 heteroatoms. The summed E-state index contributed by atoms with van der Waals surface area (Å²) in [5.41, 5.74) is 4.30. The van der Waals surface area contributed by atoms with Crippen molar-refractivity contribution in [2.45, 2.75) is 27.7 Å². The highest BCUT2D eigenvalue weighted by atomic mass is 16.3. The van der Waals surface area contributed by atoms with Crippen LogP contribution in [-0.4, -0.2) is 0 Å². The van der Waals surface area contributed by atoms with Crippen LogP contribution in [0.25, 0.3) is 54.6 Å². The summed E-state index contributed by atoms with van der Waals surface area (Å²) in [6.45, 7) is 8.00. The standard InChI is InChI=1S/C24H10N2O2.2C2H6/c25-11-13-1-3-21-17(5-13)19-7-15-10-24-20(8-16(15)9-23(19)27-21)18-6-14(12-26)2-4-22(18)28-24;2*1-2/h1-10H;2*1-2H3. The van der Waals surface area contributed by atoms with Gasteiger partial charge in [-0.15, -0.1) is 0 Å². The average Bonchev–Trinajstić information content (AvgIpc) is 3.39. The van der Waals surface area contributed by atoms with Crippen LogP contribution in [0.1, 0.15) is 38.8 Å². The normalized spacial score (nSPS) is 10.4. The Morgan fingerprint density at radius 1 is 0.500 bits per heavy atom. The maximum Gasteiger partial charge on any atom is 0.136 e. The van der Waals surface area contributed by atoms with Gasteiger partial charge in [0.25, 0.3) is 0 Å². The van der Waals surface area contributed by atoms with Crippen LogP contribution >= 0.6 is 0 Å². The maximum atomic E-state index is 9.19. The van der Waals surface area contributed by atoms with Crippen LogP contribution in [0.4, 0.5) is 0 Å². The Balaban J connectivity index is 0.000000582. The Hall–Kier alpha value is -4.28. The summed E-state index contributed by atoms with van der Waals surface area (Å²) in [5.74, 6) is 0. The van der Waals surface area contributed by atoms with Crippen LogP contribution in [0.5, 0.6) is 0 Å². The molecule has 0 saturated carbocycles. The fourth-order valence-electron chi connectivity index (χ4n) is 3.93. The Bertz CT molecular complexity index is 1560. The molecular weight excluding hydrogens is 396 g/mol. The molecule has 2 heterocycles. The summed E-state index contributed by atoms with van der Waals surface area (Å²) >= 11 is 0. The molecule has 0 unspecified atom stereocenters. The molecule has 6 rings (SSSR count). The molecule has 2 aromatic heterocycles. The number of benzene rings is 4. The molecule has 0 spiro atoms. The lowest BCUT2D eigenvalue weighted by Crippen LogP contribution is -1.76. The van der Waals surface area contributed by atoms with Gasteiger partial charge in [0.15, 0.2) is 0 Å². The summed E-state index contributed by atoms with van der Waals surface area (Å²) in [7, 11) is 0. The van der Waals surface area contributed by atoms with Gasteiger partial charge in [-0.05, 0) is 71.4 Å². The zero-order chi connectivity index (χ0) is 22.8. The summed E-state index contributed by atoms with van der Waals surface area (Å²) in [6.07, 6.45) is 0. The van der Waals surface area contributed by atoms with E-state index in [0.29, 0.717) is 11.1 Å². The lowest BCUT2D eigenvalue weighted by Gasteiger charge is -1.99. The van der Waals surface area contributed by atoms with E-state index in [0.717, 1.165) is 54.6 Å². The first-order valence-corrected chi connectivity index (χ1v) is 10.8. The Labute approximate surface area is 185 Å². The van der Waals surface area contributed by atoms with Crippen molar-refractivity contribution >= 4 is 54.6 Å². The van der Waals surface area contributed by atoms with Crippen LogP contribution in [0.15, 0.2) is 69.5 Å². The van der Waals surface area contributed by atoms with Gasteiger partial charge in [-0.2, -0.15) is 10.5 Å². The largest absolute Gasteiger partial charge is 0.456 e. The van der Waals surface area contributed by atoms with Crippen molar-refractivity contribution in [3.05, 3.63) is 71.8 Å². The van der Waals surface area contributed by atoms with E-state index in [9.17, 15) is 10.5 Å². The van der Waals surface area contributed by atoms with Gasteiger partial charge >= 0.3 is 0 Å². The summed E-state index contributed by atoms with van der Waals surface area (Å²) in [4.78, 5) is 0. The minimum atomic E-state index is 0.608. The third-order valence-electron chi connectivity index (χ3n) is 5.27. The maximum absolute atomic E-state index is 9.19. The van der Waals surface area contributed by atoms with Gasteiger partial charge in [0, 0.05) is 21.5 Å². The lowest BCUT2D eigenvalue weighted by atomic mass is 10.0. The molecule has 4 nitrogen and oxygen atoms in total. The van der Waals surface area contributed by atoms with Gasteiger partial charge in [0.2, 0.25) is 0 Å².